The van der Waals surface area contributed by atoms with Crippen molar-refractivity contribution < 1.29 is 24.2 Å². The summed E-state index contributed by atoms with van der Waals surface area (Å²) in [5, 5.41) is 10.3. The van der Waals surface area contributed by atoms with Gasteiger partial charge < -0.3 is 19.1 Å². The van der Waals surface area contributed by atoms with E-state index < -0.39 is 12.1 Å². The molecule has 0 aliphatic heterocycles. The Morgan fingerprint density at radius 1 is 1.07 bits per heavy atom. The van der Waals surface area contributed by atoms with Crippen molar-refractivity contribution in [3.8, 4) is 0 Å². The molecule has 28 heavy (non-hydrogen) atoms. The summed E-state index contributed by atoms with van der Waals surface area (Å²) in [6.07, 6.45) is 0.939. The van der Waals surface area contributed by atoms with E-state index >= 15 is 0 Å². The standard InChI is InChI=1S/C22H23NO5/c1-3-27-20(21(24)25)16-9-10-19-15(13-16)11-12-23(19)14-17-7-5-6-8-18(17)22(26)28-4-2/h5-13,20H,3-4,14H2,1-2H3,(H,24,25). The van der Waals surface area contributed by atoms with Crippen LogP contribution in [0.1, 0.15) is 41.4 Å². The van der Waals surface area contributed by atoms with Gasteiger partial charge in [0.1, 0.15) is 0 Å². The van der Waals surface area contributed by atoms with Gasteiger partial charge in [-0.3, -0.25) is 0 Å². The van der Waals surface area contributed by atoms with Gasteiger partial charge in [0.05, 0.1) is 12.2 Å². The summed E-state index contributed by atoms with van der Waals surface area (Å²) in [5.41, 5.74) is 2.96. The highest BCUT2D eigenvalue weighted by Gasteiger charge is 2.20. The Morgan fingerprint density at radius 2 is 1.86 bits per heavy atom. The Bertz CT molecular complexity index is 992. The number of rotatable bonds is 8. The SMILES string of the molecule is CCOC(=O)c1ccccc1Cn1ccc2cc(C(OCC)C(=O)O)ccc21. The number of nitrogens with zero attached hydrogens (tertiary/aromatic N) is 1. The van der Waals surface area contributed by atoms with E-state index in [1.54, 1.807) is 26.0 Å². The zero-order valence-corrected chi connectivity index (χ0v) is 15.9. The van der Waals surface area contributed by atoms with Crippen LogP contribution >= 0.6 is 0 Å². The average Bonchev–Trinajstić information content (AvgIpc) is 3.08. The van der Waals surface area contributed by atoms with Crippen LogP contribution in [0.3, 0.4) is 0 Å². The number of fused-ring (bicyclic) bond motifs is 1. The number of aromatic nitrogens is 1. The lowest BCUT2D eigenvalue weighted by Gasteiger charge is -2.14. The van der Waals surface area contributed by atoms with Crippen molar-refractivity contribution in [3.05, 3.63) is 71.4 Å². The number of carboxylic acids is 1. The van der Waals surface area contributed by atoms with Crippen LogP contribution in [0.15, 0.2) is 54.7 Å². The highest BCUT2D eigenvalue weighted by atomic mass is 16.5. The Labute approximate surface area is 163 Å². The molecule has 1 heterocycles. The molecule has 6 heteroatoms. The van der Waals surface area contributed by atoms with Gasteiger partial charge in [-0.1, -0.05) is 24.3 Å². The van der Waals surface area contributed by atoms with Gasteiger partial charge in [0.2, 0.25) is 0 Å². The van der Waals surface area contributed by atoms with Gasteiger partial charge in [-0.15, -0.1) is 0 Å². The number of ether oxygens (including phenoxy) is 2. The molecule has 0 amide bonds. The molecule has 0 radical (unpaired) electrons. The van der Waals surface area contributed by atoms with Crippen molar-refractivity contribution in [2.24, 2.45) is 0 Å². The van der Waals surface area contributed by atoms with E-state index in [1.165, 1.54) is 0 Å². The quantitative estimate of drug-likeness (QED) is 0.596. The van der Waals surface area contributed by atoms with E-state index in [9.17, 15) is 14.7 Å². The van der Waals surface area contributed by atoms with Crippen LogP contribution in [0.2, 0.25) is 0 Å². The summed E-state index contributed by atoms with van der Waals surface area (Å²) in [5.74, 6) is -1.35. The van der Waals surface area contributed by atoms with Crippen LogP contribution in [-0.4, -0.2) is 34.8 Å². The highest BCUT2D eigenvalue weighted by molar-refractivity contribution is 5.91. The first kappa shape index (κ1) is 19.6. The smallest absolute Gasteiger partial charge is 0.338 e. The summed E-state index contributed by atoms with van der Waals surface area (Å²) < 4.78 is 12.5. The Hall–Kier alpha value is -3.12. The molecule has 2 aromatic carbocycles. The van der Waals surface area contributed by atoms with E-state index in [2.05, 4.69) is 0 Å². The monoisotopic (exact) mass is 381 g/mol. The minimum Gasteiger partial charge on any atom is -0.479 e. The van der Waals surface area contributed by atoms with E-state index in [4.69, 9.17) is 9.47 Å². The van der Waals surface area contributed by atoms with E-state index in [0.29, 0.717) is 30.9 Å². The average molecular weight is 381 g/mol. The number of aliphatic carboxylic acids is 1. The molecule has 146 valence electrons. The van der Waals surface area contributed by atoms with Crippen LogP contribution in [0, 0.1) is 0 Å². The lowest BCUT2D eigenvalue weighted by atomic mass is 10.1. The van der Waals surface area contributed by atoms with Gasteiger partial charge in [0, 0.05) is 24.9 Å². The highest BCUT2D eigenvalue weighted by Crippen LogP contribution is 2.25. The van der Waals surface area contributed by atoms with Crippen LogP contribution < -0.4 is 0 Å². The maximum Gasteiger partial charge on any atom is 0.338 e. The molecule has 1 atom stereocenters. The molecular weight excluding hydrogens is 358 g/mol. The largest absolute Gasteiger partial charge is 0.479 e. The summed E-state index contributed by atoms with van der Waals surface area (Å²) in [4.78, 5) is 23.7. The molecule has 0 saturated carbocycles. The second-order valence-electron chi connectivity index (χ2n) is 6.31. The number of carbonyl (C=O) groups excluding carboxylic acids is 1. The maximum absolute atomic E-state index is 12.2. The first-order valence-electron chi connectivity index (χ1n) is 9.23. The van der Waals surface area contributed by atoms with Crippen LogP contribution in [-0.2, 0) is 20.8 Å². The second-order valence-corrected chi connectivity index (χ2v) is 6.31. The third-order valence-electron chi connectivity index (χ3n) is 4.51. The van der Waals surface area contributed by atoms with E-state index in [-0.39, 0.29) is 5.97 Å². The molecule has 1 N–H and O–H groups in total. The maximum atomic E-state index is 12.2. The molecule has 0 spiro atoms. The van der Waals surface area contributed by atoms with Crippen LogP contribution in [0.25, 0.3) is 10.9 Å². The van der Waals surface area contributed by atoms with Crippen molar-refractivity contribution in [1.82, 2.24) is 4.57 Å². The van der Waals surface area contributed by atoms with Gasteiger partial charge in [-0.25, -0.2) is 9.59 Å². The Morgan fingerprint density at radius 3 is 2.57 bits per heavy atom. The molecule has 1 aromatic heterocycles. The van der Waals surface area contributed by atoms with Crippen LogP contribution in [0.5, 0.6) is 0 Å². The van der Waals surface area contributed by atoms with Crippen molar-refractivity contribution in [3.63, 3.8) is 0 Å². The van der Waals surface area contributed by atoms with Crippen molar-refractivity contribution in [2.45, 2.75) is 26.5 Å². The fourth-order valence-electron chi connectivity index (χ4n) is 3.25. The number of carboxylic acid groups (broad SMARTS) is 1. The van der Waals surface area contributed by atoms with Gasteiger partial charge in [0.15, 0.2) is 6.10 Å². The number of hydrogen-bond acceptors (Lipinski definition) is 4. The topological polar surface area (TPSA) is 77.8 Å². The number of hydrogen-bond donors (Lipinski definition) is 1. The predicted octanol–water partition coefficient (Wildman–Crippen LogP) is 4.03. The molecule has 6 nitrogen and oxygen atoms in total. The molecule has 0 fully saturated rings. The minimum absolute atomic E-state index is 0.320. The second kappa shape index (κ2) is 8.71. The zero-order chi connectivity index (χ0) is 20.1. The fourth-order valence-corrected chi connectivity index (χ4v) is 3.25. The van der Waals surface area contributed by atoms with Crippen molar-refractivity contribution in [2.75, 3.05) is 13.2 Å². The summed E-state index contributed by atoms with van der Waals surface area (Å²) in [7, 11) is 0. The van der Waals surface area contributed by atoms with Gasteiger partial charge in [-0.2, -0.15) is 0 Å². The molecule has 3 rings (SSSR count). The molecular formula is C22H23NO5. The minimum atomic E-state index is -1.01. The Kier molecular flexibility index (Phi) is 6.11. The predicted molar refractivity (Wildman–Crippen MR) is 105 cm³/mol. The zero-order valence-electron chi connectivity index (χ0n) is 15.9. The third-order valence-corrected chi connectivity index (χ3v) is 4.51. The lowest BCUT2D eigenvalue weighted by molar-refractivity contribution is -0.150. The molecule has 0 aliphatic carbocycles. The summed E-state index contributed by atoms with van der Waals surface area (Å²) >= 11 is 0. The Balaban J connectivity index is 1.92. The van der Waals surface area contributed by atoms with E-state index in [0.717, 1.165) is 16.5 Å². The first-order chi connectivity index (χ1) is 13.5. The summed E-state index contributed by atoms with van der Waals surface area (Å²) in [6, 6.07) is 14.8. The molecule has 0 aliphatic rings. The van der Waals surface area contributed by atoms with Gasteiger partial charge in [-0.05, 0) is 54.6 Å². The van der Waals surface area contributed by atoms with Crippen molar-refractivity contribution in [1.29, 1.82) is 0 Å². The number of carbonyl (C=O) groups is 2. The first-order valence-corrected chi connectivity index (χ1v) is 9.23. The third kappa shape index (κ3) is 4.07. The molecule has 1 unspecified atom stereocenters. The van der Waals surface area contributed by atoms with Crippen molar-refractivity contribution >= 4 is 22.8 Å². The molecule has 3 aromatic rings. The molecule has 0 saturated heterocycles. The van der Waals surface area contributed by atoms with E-state index in [1.807, 2.05) is 47.2 Å². The normalized spacial score (nSPS) is 12.1. The summed E-state index contributed by atoms with van der Waals surface area (Å²) in [6.45, 7) is 4.70. The fraction of sp³-hybridized carbons (Fsp3) is 0.273. The number of esters is 1. The number of benzene rings is 2. The van der Waals surface area contributed by atoms with Gasteiger partial charge in [0.25, 0.3) is 0 Å². The van der Waals surface area contributed by atoms with Crippen LogP contribution in [0.4, 0.5) is 0 Å². The molecule has 0 bridgehead atoms. The van der Waals surface area contributed by atoms with Gasteiger partial charge >= 0.3 is 11.9 Å². The lowest BCUT2D eigenvalue weighted by Crippen LogP contribution is -2.15.